The number of hydrogen-bond donors (Lipinski definition) is 1. The molecule has 0 spiro atoms. The van der Waals surface area contributed by atoms with Crippen molar-refractivity contribution >= 4 is 16.6 Å². The monoisotopic (exact) mass is 550 g/mol. The zero-order valence-electron chi connectivity index (χ0n) is 25.4. The molecule has 4 atom stereocenters. The Kier molecular flexibility index (Phi) is 10.6. The molecule has 1 aliphatic carbocycles. The van der Waals surface area contributed by atoms with Crippen LogP contribution in [0.15, 0.2) is 42.5 Å². The van der Waals surface area contributed by atoms with Crippen LogP contribution in [-0.2, 0) is 24.9 Å². The standard InChI is InChI=1S/C30H54O5Si2/c1-23-25(20-34-36(9,10)28(2,3)4)30(8,21-33-22-32-19-24-16-14-13-15-17-24)27(18-26(23)31)35-37(11,12)29(5,6)7/h13-17,25-27,31H,1,18-22H2,2-12H3/t25-,26+,27?,30+/m1/s1. The Morgan fingerprint density at radius 3 is 2.05 bits per heavy atom. The third-order valence-electron chi connectivity index (χ3n) is 9.20. The van der Waals surface area contributed by atoms with Gasteiger partial charge in [-0.05, 0) is 47.4 Å². The number of aliphatic hydroxyl groups is 1. The minimum atomic E-state index is -2.11. The summed E-state index contributed by atoms with van der Waals surface area (Å²) < 4.78 is 25.7. The van der Waals surface area contributed by atoms with Crippen molar-refractivity contribution in [3.05, 3.63) is 48.0 Å². The summed E-state index contributed by atoms with van der Waals surface area (Å²) in [6.45, 7) is 30.8. The average Bonchev–Trinajstić information content (AvgIpc) is 2.76. The van der Waals surface area contributed by atoms with E-state index in [1.807, 2.05) is 30.3 Å². The maximum atomic E-state index is 11.1. The van der Waals surface area contributed by atoms with E-state index in [4.69, 9.17) is 18.3 Å². The maximum absolute atomic E-state index is 11.1. The summed E-state index contributed by atoms with van der Waals surface area (Å²) in [7, 11) is -4.11. The summed E-state index contributed by atoms with van der Waals surface area (Å²) in [4.78, 5) is 0. The minimum absolute atomic E-state index is 0.0557. The largest absolute Gasteiger partial charge is 0.416 e. The van der Waals surface area contributed by atoms with Crippen molar-refractivity contribution in [1.82, 2.24) is 0 Å². The molecule has 1 fully saturated rings. The Bertz CT molecular complexity index is 872. The molecule has 0 saturated heterocycles. The van der Waals surface area contributed by atoms with Crippen molar-refractivity contribution in [3.63, 3.8) is 0 Å². The molecule has 7 heteroatoms. The van der Waals surface area contributed by atoms with Crippen molar-refractivity contribution in [2.75, 3.05) is 20.0 Å². The van der Waals surface area contributed by atoms with Gasteiger partial charge in [-0.3, -0.25) is 0 Å². The highest BCUT2D eigenvalue weighted by Gasteiger charge is 2.53. The summed E-state index contributed by atoms with van der Waals surface area (Å²) in [5.41, 5.74) is 1.53. The van der Waals surface area contributed by atoms with Gasteiger partial charge in [-0.2, -0.15) is 0 Å². The lowest BCUT2D eigenvalue weighted by atomic mass is 9.63. The number of ether oxygens (including phenoxy) is 2. The van der Waals surface area contributed by atoms with Gasteiger partial charge in [0.25, 0.3) is 0 Å². The van der Waals surface area contributed by atoms with E-state index < -0.39 is 28.2 Å². The van der Waals surface area contributed by atoms with Gasteiger partial charge < -0.3 is 23.4 Å². The third kappa shape index (κ3) is 8.10. The lowest BCUT2D eigenvalue weighted by Gasteiger charge is -2.53. The fourth-order valence-corrected chi connectivity index (χ4v) is 6.72. The highest BCUT2D eigenvalue weighted by Crippen LogP contribution is 2.50. The molecular weight excluding hydrogens is 496 g/mol. The van der Waals surface area contributed by atoms with E-state index >= 15 is 0 Å². The van der Waals surface area contributed by atoms with Crippen LogP contribution in [0.4, 0.5) is 0 Å². The summed E-state index contributed by atoms with van der Waals surface area (Å²) in [6, 6.07) is 10.1. The first-order valence-electron chi connectivity index (χ1n) is 13.7. The van der Waals surface area contributed by atoms with Gasteiger partial charge in [0, 0.05) is 24.4 Å². The topological polar surface area (TPSA) is 57.2 Å². The molecular formula is C30H54O5Si2. The van der Waals surface area contributed by atoms with Gasteiger partial charge in [0.2, 0.25) is 0 Å². The van der Waals surface area contributed by atoms with Gasteiger partial charge in [-0.1, -0.05) is 85.4 Å². The molecule has 37 heavy (non-hydrogen) atoms. The zero-order valence-corrected chi connectivity index (χ0v) is 27.4. The van der Waals surface area contributed by atoms with Crippen molar-refractivity contribution in [1.29, 1.82) is 0 Å². The van der Waals surface area contributed by atoms with Crippen molar-refractivity contribution in [2.45, 2.75) is 110 Å². The lowest BCUT2D eigenvalue weighted by Crippen LogP contribution is -2.58. The number of benzene rings is 1. The van der Waals surface area contributed by atoms with Crippen LogP contribution in [0.5, 0.6) is 0 Å². The van der Waals surface area contributed by atoms with E-state index in [-0.39, 0.29) is 28.9 Å². The molecule has 0 bridgehead atoms. The molecule has 0 heterocycles. The SMILES string of the molecule is C=C1[C@@H](CO[Si](C)(C)C(C)(C)C)[C@](C)(COCOCc2ccccc2)C(O[Si](C)(C)C(C)(C)C)C[C@@H]1O. The highest BCUT2D eigenvalue weighted by atomic mass is 28.4. The van der Waals surface area contributed by atoms with Gasteiger partial charge in [-0.25, -0.2) is 0 Å². The second kappa shape index (κ2) is 12.2. The van der Waals surface area contributed by atoms with Crippen molar-refractivity contribution < 1.29 is 23.4 Å². The van der Waals surface area contributed by atoms with Crippen LogP contribution in [0, 0.1) is 11.3 Å². The van der Waals surface area contributed by atoms with Crippen LogP contribution in [0.25, 0.3) is 0 Å². The van der Waals surface area contributed by atoms with E-state index in [9.17, 15) is 5.11 Å². The quantitative estimate of drug-likeness (QED) is 0.134. The van der Waals surface area contributed by atoms with Gasteiger partial charge in [0.05, 0.1) is 25.4 Å². The van der Waals surface area contributed by atoms with Gasteiger partial charge in [0.1, 0.15) is 6.79 Å². The molecule has 1 saturated carbocycles. The van der Waals surface area contributed by atoms with E-state index in [1.54, 1.807) is 0 Å². The predicted octanol–water partition coefficient (Wildman–Crippen LogP) is 7.53. The molecule has 0 aromatic heterocycles. The second-order valence-corrected chi connectivity index (χ2v) is 23.7. The van der Waals surface area contributed by atoms with E-state index in [0.717, 1.165) is 11.1 Å². The van der Waals surface area contributed by atoms with Crippen molar-refractivity contribution in [2.24, 2.45) is 11.3 Å². The van der Waals surface area contributed by atoms with Gasteiger partial charge >= 0.3 is 0 Å². The Balaban J connectivity index is 2.27. The van der Waals surface area contributed by atoms with Gasteiger partial charge in [-0.15, -0.1) is 0 Å². The first-order chi connectivity index (χ1) is 16.8. The molecule has 2 rings (SSSR count). The molecule has 1 aliphatic rings. The predicted molar refractivity (Wildman–Crippen MR) is 159 cm³/mol. The average molecular weight is 551 g/mol. The van der Waals surface area contributed by atoms with E-state index in [1.165, 1.54) is 0 Å². The lowest BCUT2D eigenvalue weighted by molar-refractivity contribution is -0.139. The molecule has 0 radical (unpaired) electrons. The summed E-state index contributed by atoms with van der Waals surface area (Å²) in [5.74, 6) is -0.0886. The van der Waals surface area contributed by atoms with Crippen LogP contribution in [0.1, 0.15) is 60.5 Å². The molecule has 0 amide bonds. The number of rotatable bonds is 11. The Labute approximate surface area is 229 Å². The molecule has 1 unspecified atom stereocenters. The maximum Gasteiger partial charge on any atom is 0.192 e. The summed E-state index contributed by atoms with van der Waals surface area (Å²) in [6.07, 6.45) is -0.270. The Morgan fingerprint density at radius 2 is 1.51 bits per heavy atom. The second-order valence-electron chi connectivity index (χ2n) is 14.1. The molecule has 1 N–H and O–H groups in total. The number of aliphatic hydroxyl groups excluding tert-OH is 1. The Morgan fingerprint density at radius 1 is 0.946 bits per heavy atom. The number of hydrogen-bond acceptors (Lipinski definition) is 5. The third-order valence-corrected chi connectivity index (χ3v) is 18.2. The van der Waals surface area contributed by atoms with Gasteiger partial charge in [0.15, 0.2) is 16.6 Å². The molecule has 0 aliphatic heterocycles. The molecule has 5 nitrogen and oxygen atoms in total. The van der Waals surface area contributed by atoms with Crippen molar-refractivity contribution in [3.8, 4) is 0 Å². The molecule has 1 aromatic carbocycles. The van der Waals surface area contributed by atoms with Crippen LogP contribution in [0.2, 0.25) is 36.3 Å². The first-order valence-corrected chi connectivity index (χ1v) is 19.5. The smallest absolute Gasteiger partial charge is 0.192 e. The molecule has 1 aromatic rings. The molecule has 212 valence electrons. The van der Waals surface area contributed by atoms with Crippen LogP contribution < -0.4 is 0 Å². The first kappa shape index (κ1) is 32.4. The van der Waals surface area contributed by atoms with E-state index in [2.05, 4.69) is 81.2 Å². The highest BCUT2D eigenvalue weighted by molar-refractivity contribution is 6.74. The van der Waals surface area contributed by atoms with Crippen LogP contribution in [-0.4, -0.2) is 54.0 Å². The van der Waals surface area contributed by atoms with Crippen LogP contribution in [0.3, 0.4) is 0 Å². The fourth-order valence-electron chi connectivity index (χ4n) is 4.27. The normalized spacial score (nSPS) is 25.9. The van der Waals surface area contributed by atoms with Crippen LogP contribution >= 0.6 is 0 Å². The summed E-state index contributed by atoms with van der Waals surface area (Å²) >= 11 is 0. The van der Waals surface area contributed by atoms with E-state index in [0.29, 0.717) is 26.2 Å². The summed E-state index contributed by atoms with van der Waals surface area (Å²) in [5, 5.41) is 11.3. The fraction of sp³-hybridized carbons (Fsp3) is 0.733. The Hall–Kier alpha value is -0.806. The zero-order chi connectivity index (χ0) is 28.3. The minimum Gasteiger partial charge on any atom is -0.416 e.